The average molecular weight is 600 g/mol. The van der Waals surface area contributed by atoms with Crippen LogP contribution in [0.4, 0.5) is 0 Å². The molecule has 0 aromatic carbocycles. The summed E-state index contributed by atoms with van der Waals surface area (Å²) in [5, 5.41) is 9.15. The quantitative estimate of drug-likeness (QED) is 0.0705. The second kappa shape index (κ2) is 33.2. The van der Waals surface area contributed by atoms with E-state index in [-0.39, 0.29) is 5.92 Å². The minimum Gasteiger partial charge on any atom is -0.480 e. The van der Waals surface area contributed by atoms with Gasteiger partial charge in [-0.15, -0.1) is 0 Å². The lowest BCUT2D eigenvalue weighted by atomic mass is 10.1. The summed E-state index contributed by atoms with van der Waals surface area (Å²) in [5.41, 5.74) is 5.72. The summed E-state index contributed by atoms with van der Waals surface area (Å²) in [4.78, 5) is 11.2. The largest absolute Gasteiger partial charge is 0.480 e. The molecule has 0 heterocycles. The van der Waals surface area contributed by atoms with Crippen LogP contribution >= 0.6 is 0 Å². The SMILES string of the molecule is CCCCCCCCCCCCCCOCC(COCCCCCCCCCCCCCC)COC(C)[C@H](N)C(=O)O. The van der Waals surface area contributed by atoms with Crippen molar-refractivity contribution in [3.63, 3.8) is 0 Å². The van der Waals surface area contributed by atoms with Crippen LogP contribution in [-0.2, 0) is 19.0 Å². The number of nitrogens with two attached hydrogens (primary N) is 1. The third-order valence-corrected chi connectivity index (χ3v) is 8.38. The van der Waals surface area contributed by atoms with Gasteiger partial charge in [-0.05, 0) is 19.8 Å². The van der Waals surface area contributed by atoms with E-state index in [2.05, 4.69) is 13.8 Å². The Kier molecular flexibility index (Phi) is 32.7. The number of carboxylic acids is 1. The molecule has 0 fully saturated rings. The molecule has 0 saturated carbocycles. The molecule has 0 bridgehead atoms. The number of unbranched alkanes of at least 4 members (excludes halogenated alkanes) is 22. The smallest absolute Gasteiger partial charge is 0.323 e. The lowest BCUT2D eigenvalue weighted by Gasteiger charge is -2.22. The fraction of sp³-hybridized carbons (Fsp3) is 0.972. The number of rotatable bonds is 35. The zero-order chi connectivity index (χ0) is 30.9. The summed E-state index contributed by atoms with van der Waals surface area (Å²) in [5.74, 6) is -0.950. The first-order valence-electron chi connectivity index (χ1n) is 18.3. The molecule has 0 aliphatic rings. The van der Waals surface area contributed by atoms with Gasteiger partial charge in [0.15, 0.2) is 0 Å². The third kappa shape index (κ3) is 29.4. The molecule has 0 radical (unpaired) electrons. The van der Waals surface area contributed by atoms with E-state index in [0.717, 1.165) is 26.1 Å². The Balaban J connectivity index is 3.93. The lowest BCUT2D eigenvalue weighted by molar-refractivity contribution is -0.142. The third-order valence-electron chi connectivity index (χ3n) is 8.38. The molecule has 252 valence electrons. The first-order chi connectivity index (χ1) is 20.5. The molecule has 0 rings (SSSR count). The van der Waals surface area contributed by atoms with Gasteiger partial charge in [-0.1, -0.05) is 155 Å². The minimum atomic E-state index is -1.04. The van der Waals surface area contributed by atoms with Gasteiger partial charge in [0.05, 0.1) is 25.9 Å². The zero-order valence-electron chi connectivity index (χ0n) is 28.4. The Morgan fingerprint density at radius 1 is 0.548 bits per heavy atom. The molecule has 42 heavy (non-hydrogen) atoms. The summed E-state index contributed by atoms with van der Waals surface area (Å²) >= 11 is 0. The highest BCUT2D eigenvalue weighted by molar-refractivity contribution is 5.73. The molecule has 0 amide bonds. The molecule has 6 nitrogen and oxygen atoms in total. The lowest BCUT2D eigenvalue weighted by Crippen LogP contribution is -2.42. The molecule has 0 aliphatic heterocycles. The molecule has 0 aliphatic carbocycles. The fourth-order valence-corrected chi connectivity index (χ4v) is 5.33. The van der Waals surface area contributed by atoms with Crippen LogP contribution in [0.3, 0.4) is 0 Å². The number of ether oxygens (including phenoxy) is 3. The van der Waals surface area contributed by atoms with Crippen LogP contribution in [0.25, 0.3) is 0 Å². The van der Waals surface area contributed by atoms with Crippen molar-refractivity contribution in [2.45, 2.75) is 187 Å². The number of carboxylic acid groups (broad SMARTS) is 1. The maximum atomic E-state index is 11.2. The van der Waals surface area contributed by atoms with E-state index in [0.29, 0.717) is 19.8 Å². The van der Waals surface area contributed by atoms with Crippen molar-refractivity contribution < 1.29 is 24.1 Å². The van der Waals surface area contributed by atoms with Crippen molar-refractivity contribution in [2.75, 3.05) is 33.0 Å². The van der Waals surface area contributed by atoms with Gasteiger partial charge in [-0.2, -0.15) is 0 Å². The number of hydrogen-bond acceptors (Lipinski definition) is 5. The molecule has 2 atom stereocenters. The van der Waals surface area contributed by atoms with Crippen molar-refractivity contribution in [1.82, 2.24) is 0 Å². The maximum absolute atomic E-state index is 11.2. The van der Waals surface area contributed by atoms with Gasteiger partial charge in [0.25, 0.3) is 0 Å². The molecule has 6 heteroatoms. The Hall–Kier alpha value is -0.690. The van der Waals surface area contributed by atoms with E-state index in [9.17, 15) is 4.79 Å². The van der Waals surface area contributed by atoms with E-state index >= 15 is 0 Å². The highest BCUT2D eigenvalue weighted by atomic mass is 16.5. The van der Waals surface area contributed by atoms with Gasteiger partial charge in [0.2, 0.25) is 0 Å². The number of carbonyl (C=O) groups is 1. The Labute approximate surface area is 261 Å². The Morgan fingerprint density at radius 3 is 1.17 bits per heavy atom. The standard InChI is InChI=1S/C36H73NO5/c1-4-6-8-10-12-14-16-18-20-22-24-26-28-40-30-34(32-42-33(3)35(37)36(38)39)31-41-29-27-25-23-21-19-17-15-13-11-9-7-5-2/h33-35H,4-32,37H2,1-3H3,(H,38,39)/t33?,35-/m0/s1. The van der Waals surface area contributed by atoms with E-state index < -0.39 is 18.1 Å². The summed E-state index contributed by atoms with van der Waals surface area (Å²) in [7, 11) is 0. The normalized spacial score (nSPS) is 13.2. The van der Waals surface area contributed by atoms with Crippen molar-refractivity contribution in [3.8, 4) is 0 Å². The maximum Gasteiger partial charge on any atom is 0.323 e. The van der Waals surface area contributed by atoms with Gasteiger partial charge >= 0.3 is 5.97 Å². The first-order valence-corrected chi connectivity index (χ1v) is 18.3. The molecule has 1 unspecified atom stereocenters. The van der Waals surface area contributed by atoms with E-state index in [1.54, 1.807) is 6.92 Å². The number of hydrogen-bond donors (Lipinski definition) is 2. The van der Waals surface area contributed by atoms with Gasteiger partial charge in [0.1, 0.15) is 6.04 Å². The molecule has 0 aromatic rings. The summed E-state index contributed by atoms with van der Waals surface area (Å²) in [6, 6.07) is -1.02. The van der Waals surface area contributed by atoms with Gasteiger partial charge in [-0.25, -0.2) is 0 Å². The van der Waals surface area contributed by atoms with Crippen molar-refractivity contribution >= 4 is 5.97 Å². The summed E-state index contributed by atoms with van der Waals surface area (Å²) in [6.07, 6.45) is 31.5. The van der Waals surface area contributed by atoms with Gasteiger partial charge in [-0.3, -0.25) is 4.79 Å². The van der Waals surface area contributed by atoms with Crippen LogP contribution in [0.15, 0.2) is 0 Å². The van der Waals surface area contributed by atoms with Gasteiger partial charge < -0.3 is 25.1 Å². The van der Waals surface area contributed by atoms with E-state index in [1.807, 2.05) is 0 Å². The topological polar surface area (TPSA) is 91.0 Å². The summed E-state index contributed by atoms with van der Waals surface area (Å²) < 4.78 is 17.8. The van der Waals surface area contributed by atoms with Gasteiger partial charge in [0, 0.05) is 19.1 Å². The predicted molar refractivity (Wildman–Crippen MR) is 178 cm³/mol. The Bertz CT molecular complexity index is 515. The molecule has 0 spiro atoms. The van der Waals surface area contributed by atoms with E-state index in [4.69, 9.17) is 25.1 Å². The van der Waals surface area contributed by atoms with Crippen LogP contribution in [0.1, 0.15) is 175 Å². The fourth-order valence-electron chi connectivity index (χ4n) is 5.33. The highest BCUT2D eigenvalue weighted by Crippen LogP contribution is 2.14. The monoisotopic (exact) mass is 600 g/mol. The molecular weight excluding hydrogens is 526 g/mol. The predicted octanol–water partition coefficient (Wildman–Crippen LogP) is 9.86. The molecule has 0 aromatic heterocycles. The van der Waals surface area contributed by atoms with Crippen molar-refractivity contribution in [1.29, 1.82) is 0 Å². The first kappa shape index (κ1) is 41.3. The molecular formula is C36H73NO5. The van der Waals surface area contributed by atoms with E-state index in [1.165, 1.54) is 141 Å². The second-order valence-electron chi connectivity index (χ2n) is 12.7. The highest BCUT2D eigenvalue weighted by Gasteiger charge is 2.22. The van der Waals surface area contributed by atoms with Crippen molar-refractivity contribution in [2.24, 2.45) is 11.7 Å². The summed E-state index contributed by atoms with van der Waals surface area (Å²) in [6.45, 7) is 9.34. The Morgan fingerprint density at radius 2 is 0.857 bits per heavy atom. The van der Waals surface area contributed by atoms with Crippen LogP contribution in [0, 0.1) is 5.92 Å². The van der Waals surface area contributed by atoms with Crippen LogP contribution < -0.4 is 5.73 Å². The van der Waals surface area contributed by atoms with Crippen LogP contribution in [0.2, 0.25) is 0 Å². The van der Waals surface area contributed by atoms with Crippen molar-refractivity contribution in [3.05, 3.63) is 0 Å². The van der Waals surface area contributed by atoms with Crippen LogP contribution in [0.5, 0.6) is 0 Å². The number of aliphatic carboxylic acids is 1. The molecule has 3 N–H and O–H groups in total. The van der Waals surface area contributed by atoms with Crippen LogP contribution in [-0.4, -0.2) is 56.3 Å². The zero-order valence-corrected chi connectivity index (χ0v) is 28.4. The second-order valence-corrected chi connectivity index (χ2v) is 12.7. The minimum absolute atomic E-state index is 0.0862. The average Bonchev–Trinajstić information content (AvgIpc) is 2.99. The molecule has 0 saturated heterocycles.